The first-order chi connectivity index (χ1) is 8.47. The second kappa shape index (κ2) is 4.77. The van der Waals surface area contributed by atoms with Crippen molar-refractivity contribution in [3.05, 3.63) is 39.5 Å². The van der Waals surface area contributed by atoms with Gasteiger partial charge in [-0.15, -0.1) is 0 Å². The Balaban J connectivity index is 2.13. The van der Waals surface area contributed by atoms with E-state index in [1.54, 1.807) is 0 Å². The number of aromatic nitrogens is 1. The second-order valence-electron chi connectivity index (χ2n) is 4.00. The van der Waals surface area contributed by atoms with Crippen LogP contribution >= 0.6 is 11.3 Å². The maximum absolute atomic E-state index is 10.6. The van der Waals surface area contributed by atoms with E-state index in [9.17, 15) is 10.1 Å². The van der Waals surface area contributed by atoms with Crippen molar-refractivity contribution in [3.63, 3.8) is 0 Å². The largest absolute Gasteiger partial charge is 0.466 e. The van der Waals surface area contributed by atoms with Crippen LogP contribution in [0.3, 0.4) is 0 Å². The summed E-state index contributed by atoms with van der Waals surface area (Å²) in [4.78, 5) is 14.1. The third-order valence-electron chi connectivity index (χ3n) is 2.56. The number of hydrogen-bond acceptors (Lipinski definition) is 6. The number of anilines is 1. The first-order valence-corrected chi connectivity index (χ1v) is 6.22. The lowest BCUT2D eigenvalue weighted by Crippen LogP contribution is -2.06. The summed E-state index contributed by atoms with van der Waals surface area (Å²) in [7, 11) is 0. The number of aryl methyl sites for hydroxylation is 2. The summed E-state index contributed by atoms with van der Waals surface area (Å²) < 4.78 is 5.45. The Morgan fingerprint density at radius 1 is 1.56 bits per heavy atom. The lowest BCUT2D eigenvalue weighted by Gasteiger charge is -2.11. The van der Waals surface area contributed by atoms with Gasteiger partial charge in [0.25, 0.3) is 0 Å². The topological polar surface area (TPSA) is 81.2 Å². The van der Waals surface area contributed by atoms with E-state index in [-0.39, 0.29) is 11.0 Å². The monoisotopic (exact) mass is 267 g/mol. The molecule has 2 rings (SSSR count). The van der Waals surface area contributed by atoms with Gasteiger partial charge in [-0.05, 0) is 38.2 Å². The fourth-order valence-electron chi connectivity index (χ4n) is 1.76. The average molecular weight is 267 g/mol. The van der Waals surface area contributed by atoms with Gasteiger partial charge in [-0.2, -0.15) is 0 Å². The molecule has 7 heteroatoms. The molecule has 1 atom stereocenters. The fraction of sp³-hybridized carbons (Fsp3) is 0.364. The molecule has 0 radical (unpaired) electrons. The quantitative estimate of drug-likeness (QED) is 0.678. The number of thiazole rings is 1. The molecule has 2 aromatic heterocycles. The van der Waals surface area contributed by atoms with Gasteiger partial charge in [0.15, 0.2) is 5.13 Å². The fourth-order valence-corrected chi connectivity index (χ4v) is 2.48. The van der Waals surface area contributed by atoms with Crippen LogP contribution in [0.2, 0.25) is 0 Å². The molecule has 0 saturated heterocycles. The molecule has 96 valence electrons. The van der Waals surface area contributed by atoms with Crippen molar-refractivity contribution in [1.29, 1.82) is 0 Å². The standard InChI is InChI=1S/C11H13N3O3S/c1-6-4-9(8(3)17-6)7(2)13-11-12-5-10(18-11)14(15)16/h4-5,7H,1-3H3,(H,12,13). The van der Waals surface area contributed by atoms with Crippen molar-refractivity contribution in [1.82, 2.24) is 4.98 Å². The smallest absolute Gasteiger partial charge is 0.345 e. The van der Waals surface area contributed by atoms with Crippen molar-refractivity contribution in [2.45, 2.75) is 26.8 Å². The van der Waals surface area contributed by atoms with Crippen molar-refractivity contribution in [3.8, 4) is 0 Å². The van der Waals surface area contributed by atoms with Crippen LogP contribution in [0.4, 0.5) is 10.1 Å². The molecular formula is C11H13N3O3S. The van der Waals surface area contributed by atoms with Gasteiger partial charge >= 0.3 is 5.00 Å². The van der Waals surface area contributed by atoms with E-state index < -0.39 is 4.92 Å². The van der Waals surface area contributed by atoms with Crippen LogP contribution in [0.15, 0.2) is 16.7 Å². The molecule has 1 unspecified atom stereocenters. The molecular weight excluding hydrogens is 254 g/mol. The highest BCUT2D eigenvalue weighted by molar-refractivity contribution is 7.18. The van der Waals surface area contributed by atoms with Crippen molar-refractivity contribution in [2.75, 3.05) is 5.32 Å². The summed E-state index contributed by atoms with van der Waals surface area (Å²) in [5, 5.41) is 14.3. The first-order valence-electron chi connectivity index (χ1n) is 5.41. The molecule has 0 aliphatic rings. The third-order valence-corrected chi connectivity index (χ3v) is 3.44. The van der Waals surface area contributed by atoms with Crippen molar-refractivity contribution >= 4 is 21.5 Å². The number of furan rings is 1. The minimum Gasteiger partial charge on any atom is -0.466 e. The van der Waals surface area contributed by atoms with E-state index in [4.69, 9.17) is 4.42 Å². The molecule has 18 heavy (non-hydrogen) atoms. The van der Waals surface area contributed by atoms with Crippen LogP contribution in [0.5, 0.6) is 0 Å². The number of rotatable bonds is 4. The molecule has 0 saturated carbocycles. The van der Waals surface area contributed by atoms with Crippen LogP contribution in [-0.2, 0) is 0 Å². The summed E-state index contributed by atoms with van der Waals surface area (Å²) in [6.07, 6.45) is 1.26. The number of nitro groups is 1. The number of nitrogens with one attached hydrogen (secondary N) is 1. The molecule has 1 N–H and O–H groups in total. The Labute approximate surface area is 108 Å². The number of nitrogens with zero attached hydrogens (tertiary/aromatic N) is 2. The van der Waals surface area contributed by atoms with E-state index in [1.807, 2.05) is 26.8 Å². The first kappa shape index (κ1) is 12.6. The summed E-state index contributed by atoms with van der Waals surface area (Å²) in [5.41, 5.74) is 1.03. The molecule has 6 nitrogen and oxygen atoms in total. The SMILES string of the molecule is Cc1cc(C(C)Nc2ncc([N+](=O)[O-])s2)c(C)o1. The Kier molecular flexibility index (Phi) is 3.33. The zero-order valence-electron chi connectivity index (χ0n) is 10.3. The maximum Gasteiger partial charge on any atom is 0.345 e. The average Bonchev–Trinajstić information content (AvgIpc) is 2.85. The molecule has 0 fully saturated rings. The Morgan fingerprint density at radius 2 is 2.28 bits per heavy atom. The highest BCUT2D eigenvalue weighted by atomic mass is 32.1. The van der Waals surface area contributed by atoms with E-state index in [0.717, 1.165) is 28.4 Å². The molecule has 0 spiro atoms. The highest BCUT2D eigenvalue weighted by Gasteiger charge is 2.16. The van der Waals surface area contributed by atoms with Gasteiger partial charge in [0.2, 0.25) is 0 Å². The molecule has 0 aromatic carbocycles. The van der Waals surface area contributed by atoms with Gasteiger partial charge in [0.05, 0.1) is 11.0 Å². The lowest BCUT2D eigenvalue weighted by atomic mass is 10.1. The highest BCUT2D eigenvalue weighted by Crippen LogP contribution is 2.29. The van der Waals surface area contributed by atoms with Gasteiger partial charge in [0, 0.05) is 5.56 Å². The molecule has 2 aromatic rings. The van der Waals surface area contributed by atoms with Crippen LogP contribution in [0.25, 0.3) is 0 Å². The van der Waals surface area contributed by atoms with E-state index in [1.165, 1.54) is 6.20 Å². The Morgan fingerprint density at radius 3 is 2.78 bits per heavy atom. The normalized spacial score (nSPS) is 12.4. The van der Waals surface area contributed by atoms with Gasteiger partial charge < -0.3 is 9.73 Å². The van der Waals surface area contributed by atoms with E-state index in [0.29, 0.717) is 5.13 Å². The molecule has 0 aliphatic heterocycles. The Hall–Kier alpha value is -1.89. The number of hydrogen-bond donors (Lipinski definition) is 1. The third kappa shape index (κ3) is 2.51. The Bertz CT molecular complexity index is 576. The summed E-state index contributed by atoms with van der Waals surface area (Å²) in [6, 6.07) is 1.95. The minimum atomic E-state index is -0.444. The zero-order chi connectivity index (χ0) is 13.3. The molecule has 0 bridgehead atoms. The van der Waals surface area contributed by atoms with Gasteiger partial charge in [0.1, 0.15) is 17.7 Å². The summed E-state index contributed by atoms with van der Waals surface area (Å²) >= 11 is 1.02. The van der Waals surface area contributed by atoms with E-state index in [2.05, 4.69) is 10.3 Å². The van der Waals surface area contributed by atoms with Crippen molar-refractivity contribution in [2.24, 2.45) is 0 Å². The van der Waals surface area contributed by atoms with E-state index >= 15 is 0 Å². The molecule has 0 aliphatic carbocycles. The van der Waals surface area contributed by atoms with Gasteiger partial charge in [-0.3, -0.25) is 10.1 Å². The van der Waals surface area contributed by atoms with Crippen LogP contribution in [-0.4, -0.2) is 9.91 Å². The predicted octanol–water partition coefficient (Wildman–Crippen LogP) is 3.43. The van der Waals surface area contributed by atoms with Crippen LogP contribution < -0.4 is 5.32 Å². The lowest BCUT2D eigenvalue weighted by molar-refractivity contribution is -0.380. The molecule has 0 amide bonds. The minimum absolute atomic E-state index is 0.00629. The van der Waals surface area contributed by atoms with Gasteiger partial charge in [-0.1, -0.05) is 0 Å². The second-order valence-corrected chi connectivity index (χ2v) is 5.00. The summed E-state index contributed by atoms with van der Waals surface area (Å²) in [6.45, 7) is 5.74. The molecule has 2 heterocycles. The predicted molar refractivity (Wildman–Crippen MR) is 69.0 cm³/mol. The van der Waals surface area contributed by atoms with Gasteiger partial charge in [-0.25, -0.2) is 4.98 Å². The summed E-state index contributed by atoms with van der Waals surface area (Å²) in [5.74, 6) is 1.69. The van der Waals surface area contributed by atoms with Crippen molar-refractivity contribution < 1.29 is 9.34 Å². The zero-order valence-corrected chi connectivity index (χ0v) is 11.1. The van der Waals surface area contributed by atoms with Crippen LogP contribution in [0, 0.1) is 24.0 Å². The van der Waals surface area contributed by atoms with Crippen LogP contribution in [0.1, 0.15) is 30.0 Å². The maximum atomic E-state index is 10.6.